The summed E-state index contributed by atoms with van der Waals surface area (Å²) in [6.07, 6.45) is 5.71. The van der Waals surface area contributed by atoms with Gasteiger partial charge in [0, 0.05) is 23.5 Å². The molecule has 0 unspecified atom stereocenters. The molecule has 1 aromatic heterocycles. The average Bonchev–Trinajstić information content (AvgIpc) is 2.80. The van der Waals surface area contributed by atoms with Gasteiger partial charge in [-0.3, -0.25) is 0 Å². The lowest BCUT2D eigenvalue weighted by molar-refractivity contribution is 0.158. The van der Waals surface area contributed by atoms with Crippen molar-refractivity contribution >= 4 is 5.57 Å². The van der Waals surface area contributed by atoms with Crippen LogP contribution in [0.25, 0.3) is 5.57 Å². The molecular weight excluding hydrogens is 212 g/mol. The van der Waals surface area contributed by atoms with E-state index in [9.17, 15) is 0 Å². The van der Waals surface area contributed by atoms with Crippen LogP contribution in [-0.2, 0) is 0 Å². The van der Waals surface area contributed by atoms with Crippen molar-refractivity contribution in [1.29, 1.82) is 0 Å². The minimum atomic E-state index is -0.309. The van der Waals surface area contributed by atoms with Crippen molar-refractivity contribution in [2.75, 3.05) is 0 Å². The van der Waals surface area contributed by atoms with Crippen LogP contribution in [-0.4, -0.2) is 15.6 Å². The number of hydrogen-bond acceptors (Lipinski definition) is 2. The largest absolute Gasteiger partial charge is 0.483 e. The maximum atomic E-state index is 5.93. The van der Waals surface area contributed by atoms with Gasteiger partial charge >= 0.3 is 0 Å². The third-order valence-electron chi connectivity index (χ3n) is 2.80. The summed E-state index contributed by atoms with van der Waals surface area (Å²) in [4.78, 5) is 7.48. The highest BCUT2D eigenvalue weighted by atomic mass is 16.5. The number of hydrogen-bond donors (Lipinski definition) is 1. The van der Waals surface area contributed by atoms with Crippen molar-refractivity contribution in [3.05, 3.63) is 54.1 Å². The number of nitrogens with one attached hydrogen (secondary N) is 1. The van der Waals surface area contributed by atoms with E-state index >= 15 is 0 Å². The quantitative estimate of drug-likeness (QED) is 0.811. The predicted octanol–water partition coefficient (Wildman–Crippen LogP) is 3.01. The topological polar surface area (TPSA) is 37.9 Å². The first-order valence-electron chi connectivity index (χ1n) is 5.67. The fraction of sp³-hybridized carbons (Fsp3) is 0.214. The molecule has 17 heavy (non-hydrogen) atoms. The molecule has 0 atom stereocenters. The van der Waals surface area contributed by atoms with Crippen LogP contribution in [0.1, 0.15) is 25.2 Å². The van der Waals surface area contributed by atoms with E-state index in [4.69, 9.17) is 4.74 Å². The van der Waals surface area contributed by atoms with Crippen molar-refractivity contribution in [3.8, 4) is 5.75 Å². The molecule has 1 aliphatic heterocycles. The van der Waals surface area contributed by atoms with Crippen LogP contribution in [0.3, 0.4) is 0 Å². The maximum Gasteiger partial charge on any atom is 0.137 e. The highest BCUT2D eigenvalue weighted by Crippen LogP contribution is 2.37. The van der Waals surface area contributed by atoms with Gasteiger partial charge in [0.25, 0.3) is 0 Å². The molecule has 3 heteroatoms. The Hall–Kier alpha value is -2.03. The number of benzene rings is 1. The first-order valence-corrected chi connectivity index (χ1v) is 5.67. The van der Waals surface area contributed by atoms with Crippen LogP contribution in [0.15, 0.2) is 42.7 Å². The summed E-state index contributed by atoms with van der Waals surface area (Å²) < 4.78 is 5.93. The summed E-state index contributed by atoms with van der Waals surface area (Å²) in [6, 6.07) is 8.04. The molecule has 0 radical (unpaired) electrons. The monoisotopic (exact) mass is 226 g/mol. The van der Waals surface area contributed by atoms with E-state index in [2.05, 4.69) is 22.1 Å². The zero-order chi connectivity index (χ0) is 11.9. The summed E-state index contributed by atoms with van der Waals surface area (Å²) in [5.41, 5.74) is 1.87. The zero-order valence-electron chi connectivity index (χ0n) is 9.90. The normalized spacial score (nSPS) is 16.9. The van der Waals surface area contributed by atoms with E-state index in [1.165, 1.54) is 0 Å². The van der Waals surface area contributed by atoms with E-state index in [-0.39, 0.29) is 5.60 Å². The van der Waals surface area contributed by atoms with Gasteiger partial charge in [-0.1, -0.05) is 18.2 Å². The molecule has 0 fully saturated rings. The highest BCUT2D eigenvalue weighted by molar-refractivity contribution is 5.81. The van der Waals surface area contributed by atoms with E-state index < -0.39 is 0 Å². The number of rotatable bonds is 1. The van der Waals surface area contributed by atoms with Crippen LogP contribution < -0.4 is 4.74 Å². The number of H-pyrrole nitrogens is 1. The minimum absolute atomic E-state index is 0.309. The number of aromatic nitrogens is 2. The molecule has 0 saturated carbocycles. The van der Waals surface area contributed by atoms with Crippen LogP contribution in [0.4, 0.5) is 0 Å². The van der Waals surface area contributed by atoms with Gasteiger partial charge in [0.1, 0.15) is 17.2 Å². The van der Waals surface area contributed by atoms with Gasteiger partial charge in [-0.25, -0.2) is 4.98 Å². The second-order valence-electron chi connectivity index (χ2n) is 4.70. The lowest BCUT2D eigenvalue weighted by Crippen LogP contribution is -2.29. The molecule has 0 bridgehead atoms. The molecule has 86 valence electrons. The Balaban J connectivity index is 2.20. The first kappa shape index (κ1) is 10.1. The number of imidazole rings is 1. The standard InChI is InChI=1S/C14H14N2O/c1-14(2)9-11(13-15-7-8-16-13)10-5-3-4-6-12(10)17-14/h3-9H,1-2H3,(H,15,16). The summed E-state index contributed by atoms with van der Waals surface area (Å²) in [6.45, 7) is 4.10. The number of nitrogens with zero attached hydrogens (tertiary/aromatic N) is 1. The van der Waals surface area contributed by atoms with Crippen LogP contribution in [0, 0.1) is 0 Å². The van der Waals surface area contributed by atoms with E-state index in [1.54, 1.807) is 6.20 Å². The Morgan fingerprint density at radius 2 is 2.06 bits per heavy atom. The SMILES string of the molecule is CC1(C)C=C(c2ncc[nH]2)c2ccccc2O1. The van der Waals surface area contributed by atoms with Crippen molar-refractivity contribution in [2.24, 2.45) is 0 Å². The van der Waals surface area contributed by atoms with E-state index in [0.29, 0.717) is 0 Å². The van der Waals surface area contributed by atoms with Gasteiger partial charge in [-0.05, 0) is 26.0 Å². The molecule has 0 saturated heterocycles. The molecule has 2 heterocycles. The number of aromatic amines is 1. The summed E-state index contributed by atoms with van der Waals surface area (Å²) in [5.74, 6) is 1.79. The molecular formula is C14H14N2O. The molecule has 0 amide bonds. The van der Waals surface area contributed by atoms with Crippen molar-refractivity contribution < 1.29 is 4.74 Å². The molecule has 2 aromatic rings. The lowest BCUT2D eigenvalue weighted by atomic mass is 9.94. The number of para-hydroxylation sites is 1. The fourth-order valence-electron chi connectivity index (χ4n) is 2.12. The van der Waals surface area contributed by atoms with E-state index in [1.807, 2.05) is 38.2 Å². The van der Waals surface area contributed by atoms with Crippen LogP contribution in [0.2, 0.25) is 0 Å². The highest BCUT2D eigenvalue weighted by Gasteiger charge is 2.27. The van der Waals surface area contributed by atoms with Gasteiger partial charge in [-0.15, -0.1) is 0 Å². The van der Waals surface area contributed by atoms with Gasteiger partial charge in [0.15, 0.2) is 0 Å². The van der Waals surface area contributed by atoms with Crippen molar-refractivity contribution in [2.45, 2.75) is 19.4 Å². The first-order chi connectivity index (χ1) is 8.16. The van der Waals surface area contributed by atoms with Gasteiger partial charge in [0.2, 0.25) is 0 Å². The van der Waals surface area contributed by atoms with Gasteiger partial charge in [0.05, 0.1) is 0 Å². The molecule has 3 rings (SSSR count). The minimum Gasteiger partial charge on any atom is -0.483 e. The van der Waals surface area contributed by atoms with Gasteiger partial charge in [-0.2, -0.15) is 0 Å². The average molecular weight is 226 g/mol. The van der Waals surface area contributed by atoms with E-state index in [0.717, 1.165) is 22.7 Å². The summed E-state index contributed by atoms with van der Waals surface area (Å²) in [5, 5.41) is 0. The Bertz CT molecular complexity index is 568. The third-order valence-corrected chi connectivity index (χ3v) is 2.80. The Morgan fingerprint density at radius 1 is 1.24 bits per heavy atom. The lowest BCUT2D eigenvalue weighted by Gasteiger charge is -2.30. The molecule has 0 aliphatic carbocycles. The second-order valence-corrected chi connectivity index (χ2v) is 4.70. The molecule has 3 nitrogen and oxygen atoms in total. The van der Waals surface area contributed by atoms with Gasteiger partial charge < -0.3 is 9.72 Å². The molecule has 1 aliphatic rings. The predicted molar refractivity (Wildman–Crippen MR) is 66.8 cm³/mol. The second kappa shape index (κ2) is 3.48. The Morgan fingerprint density at radius 3 is 2.82 bits per heavy atom. The summed E-state index contributed by atoms with van der Waals surface area (Å²) >= 11 is 0. The van der Waals surface area contributed by atoms with Crippen LogP contribution >= 0.6 is 0 Å². The Labute approximate surface area is 100 Å². The van der Waals surface area contributed by atoms with Crippen molar-refractivity contribution in [3.63, 3.8) is 0 Å². The number of fused-ring (bicyclic) bond motifs is 1. The zero-order valence-corrected chi connectivity index (χ0v) is 9.90. The molecule has 1 N–H and O–H groups in total. The maximum absolute atomic E-state index is 5.93. The van der Waals surface area contributed by atoms with Crippen molar-refractivity contribution in [1.82, 2.24) is 9.97 Å². The third kappa shape index (κ3) is 1.73. The Kier molecular flexibility index (Phi) is 2.08. The molecule has 0 spiro atoms. The molecule has 1 aromatic carbocycles. The van der Waals surface area contributed by atoms with Crippen LogP contribution in [0.5, 0.6) is 5.75 Å². The number of ether oxygens (including phenoxy) is 1. The fourth-order valence-corrected chi connectivity index (χ4v) is 2.12. The smallest absolute Gasteiger partial charge is 0.137 e. The summed E-state index contributed by atoms with van der Waals surface area (Å²) in [7, 11) is 0.